The van der Waals surface area contributed by atoms with Gasteiger partial charge in [-0.2, -0.15) is 8.42 Å². The van der Waals surface area contributed by atoms with Crippen molar-refractivity contribution in [2.45, 2.75) is 16.7 Å². The number of rotatable bonds is 3. The first-order valence-electron chi connectivity index (χ1n) is 8.57. The lowest BCUT2D eigenvalue weighted by Gasteiger charge is -2.15. The molecule has 1 fully saturated rings. The van der Waals surface area contributed by atoms with Gasteiger partial charge in [0.05, 0.1) is 15.6 Å². The molecule has 0 N–H and O–H groups in total. The molecular formula is C19H17N3O3S3. The van der Waals surface area contributed by atoms with Crippen molar-refractivity contribution < 1.29 is 13.2 Å². The Labute approximate surface area is 172 Å². The third-order valence-corrected chi connectivity index (χ3v) is 8.18. The van der Waals surface area contributed by atoms with Crippen LogP contribution in [0, 0.1) is 0 Å². The number of nitrogens with zero attached hydrogens (tertiary/aromatic N) is 3. The van der Waals surface area contributed by atoms with Gasteiger partial charge in [-0.3, -0.25) is 9.69 Å². The number of benzene rings is 2. The molecule has 1 amide bonds. The fourth-order valence-electron chi connectivity index (χ4n) is 2.93. The van der Waals surface area contributed by atoms with Crippen LogP contribution >= 0.6 is 23.5 Å². The average Bonchev–Trinajstić information content (AvgIpc) is 3.19. The maximum absolute atomic E-state index is 13.0. The molecule has 0 radical (unpaired) electrons. The lowest BCUT2D eigenvalue weighted by molar-refractivity contribution is -0.122. The van der Waals surface area contributed by atoms with E-state index >= 15 is 0 Å². The van der Waals surface area contributed by atoms with Gasteiger partial charge in [-0.15, -0.1) is 4.40 Å². The van der Waals surface area contributed by atoms with Crippen molar-refractivity contribution in [3.8, 4) is 0 Å². The van der Waals surface area contributed by atoms with E-state index in [0.717, 1.165) is 27.4 Å². The standard InChI is InChI=1S/C19H17N3O3S3/c1-3-22-17(23)16(18-21(2)14-11-7-8-12-15(14)26-18)27-19(22)20-28(24,25)13-9-5-4-6-10-13/h4-12H,3H2,1-2H3/b18-16+,20-19-. The zero-order valence-corrected chi connectivity index (χ0v) is 17.6. The number of hydrogen-bond acceptors (Lipinski definition) is 6. The summed E-state index contributed by atoms with van der Waals surface area (Å²) in [5.74, 6) is -0.225. The largest absolute Gasteiger partial charge is 0.337 e. The Morgan fingerprint density at radius 2 is 1.68 bits per heavy atom. The van der Waals surface area contributed by atoms with Crippen molar-refractivity contribution in [1.82, 2.24) is 4.90 Å². The van der Waals surface area contributed by atoms with E-state index in [9.17, 15) is 13.2 Å². The molecule has 6 nitrogen and oxygen atoms in total. The van der Waals surface area contributed by atoms with Crippen molar-refractivity contribution in [1.29, 1.82) is 0 Å². The molecule has 1 saturated heterocycles. The highest BCUT2D eigenvalue weighted by Crippen LogP contribution is 2.49. The Morgan fingerprint density at radius 3 is 2.36 bits per heavy atom. The van der Waals surface area contributed by atoms with Crippen molar-refractivity contribution in [2.24, 2.45) is 4.40 Å². The molecule has 9 heteroatoms. The lowest BCUT2D eigenvalue weighted by Crippen LogP contribution is -2.30. The summed E-state index contributed by atoms with van der Waals surface area (Å²) in [4.78, 5) is 18.0. The van der Waals surface area contributed by atoms with E-state index < -0.39 is 10.0 Å². The maximum Gasteiger partial charge on any atom is 0.284 e. The molecule has 0 atom stereocenters. The van der Waals surface area contributed by atoms with Crippen LogP contribution in [0.5, 0.6) is 0 Å². The summed E-state index contributed by atoms with van der Waals surface area (Å²) in [6.07, 6.45) is 0. The number of fused-ring (bicyclic) bond motifs is 1. The number of amides is 1. The molecule has 0 saturated carbocycles. The van der Waals surface area contributed by atoms with Gasteiger partial charge >= 0.3 is 0 Å². The predicted molar refractivity (Wildman–Crippen MR) is 114 cm³/mol. The average molecular weight is 432 g/mol. The van der Waals surface area contributed by atoms with Gasteiger partial charge in [0.2, 0.25) is 0 Å². The molecule has 144 valence electrons. The summed E-state index contributed by atoms with van der Waals surface area (Å²) in [6.45, 7) is 2.14. The van der Waals surface area contributed by atoms with Crippen molar-refractivity contribution in [3.63, 3.8) is 0 Å². The van der Waals surface area contributed by atoms with Gasteiger partial charge in [0.15, 0.2) is 5.17 Å². The highest BCUT2D eigenvalue weighted by atomic mass is 32.2. The summed E-state index contributed by atoms with van der Waals surface area (Å²) in [6, 6.07) is 15.9. The predicted octanol–water partition coefficient (Wildman–Crippen LogP) is 3.74. The smallest absolute Gasteiger partial charge is 0.284 e. The molecule has 2 heterocycles. The Balaban J connectivity index is 1.74. The van der Waals surface area contributed by atoms with Gasteiger partial charge in [-0.05, 0) is 43.0 Å². The van der Waals surface area contributed by atoms with E-state index in [2.05, 4.69) is 4.40 Å². The molecule has 0 aromatic heterocycles. The molecular weight excluding hydrogens is 414 g/mol. The van der Waals surface area contributed by atoms with E-state index in [1.54, 1.807) is 25.1 Å². The van der Waals surface area contributed by atoms with Crippen molar-refractivity contribution in [3.05, 3.63) is 64.5 Å². The number of amidine groups is 1. The SMILES string of the molecule is CCN1C(=O)/C(=C2\Sc3ccccc3N2C)S/C1=N\S(=O)(=O)c1ccccc1. The zero-order valence-electron chi connectivity index (χ0n) is 15.2. The van der Waals surface area contributed by atoms with Crippen LogP contribution in [0.3, 0.4) is 0 Å². The van der Waals surface area contributed by atoms with Crippen LogP contribution in [-0.2, 0) is 14.8 Å². The van der Waals surface area contributed by atoms with E-state index in [4.69, 9.17) is 0 Å². The zero-order chi connectivity index (χ0) is 19.9. The first-order chi connectivity index (χ1) is 13.4. The van der Waals surface area contributed by atoms with Gasteiger partial charge < -0.3 is 4.90 Å². The van der Waals surface area contributed by atoms with Gasteiger partial charge in [-0.25, -0.2) is 0 Å². The Hall–Kier alpha value is -2.23. The first kappa shape index (κ1) is 19.1. The maximum atomic E-state index is 13.0. The van der Waals surface area contributed by atoms with Gasteiger partial charge in [-0.1, -0.05) is 42.1 Å². The minimum Gasteiger partial charge on any atom is -0.337 e. The van der Waals surface area contributed by atoms with Crippen molar-refractivity contribution in [2.75, 3.05) is 18.5 Å². The van der Waals surface area contributed by atoms with E-state index in [1.807, 2.05) is 36.2 Å². The minimum atomic E-state index is -3.89. The molecule has 2 aliphatic heterocycles. The highest BCUT2D eigenvalue weighted by molar-refractivity contribution is 8.19. The van der Waals surface area contributed by atoms with Crippen LogP contribution in [0.4, 0.5) is 5.69 Å². The van der Waals surface area contributed by atoms with E-state index in [1.165, 1.54) is 28.8 Å². The fraction of sp³-hybridized carbons (Fsp3) is 0.158. The number of likely N-dealkylation sites (N-methyl/N-ethyl adjacent to an activating group) is 1. The molecule has 2 aliphatic rings. The lowest BCUT2D eigenvalue weighted by atomic mass is 10.3. The quantitative estimate of drug-likeness (QED) is 0.690. The monoisotopic (exact) mass is 431 g/mol. The van der Waals surface area contributed by atoms with Gasteiger partial charge in [0.25, 0.3) is 15.9 Å². The van der Waals surface area contributed by atoms with Crippen LogP contribution in [0.15, 0.2) is 78.7 Å². The molecule has 2 aromatic rings. The Morgan fingerprint density at radius 1 is 1.00 bits per heavy atom. The second-order valence-corrected chi connectivity index (χ2v) is 9.69. The molecule has 28 heavy (non-hydrogen) atoms. The minimum absolute atomic E-state index is 0.104. The fourth-order valence-corrected chi connectivity index (χ4v) is 6.54. The molecule has 0 bridgehead atoms. The second-order valence-electron chi connectivity index (χ2n) is 6.08. The number of thioether (sulfide) groups is 2. The third-order valence-electron chi connectivity index (χ3n) is 4.35. The molecule has 4 rings (SSSR count). The Kier molecular flexibility index (Phi) is 4.98. The van der Waals surface area contributed by atoms with Gasteiger partial charge in [0.1, 0.15) is 4.91 Å². The molecule has 0 unspecified atom stereocenters. The Bertz CT molecular complexity index is 1110. The molecule has 2 aromatic carbocycles. The first-order valence-corrected chi connectivity index (χ1v) is 11.6. The van der Waals surface area contributed by atoms with Crippen LogP contribution in [0.25, 0.3) is 0 Å². The number of para-hydroxylation sites is 1. The summed E-state index contributed by atoms with van der Waals surface area (Å²) < 4.78 is 29.3. The van der Waals surface area contributed by atoms with Crippen LogP contribution < -0.4 is 4.90 Å². The van der Waals surface area contributed by atoms with Crippen molar-refractivity contribution >= 4 is 50.3 Å². The number of hydrogen-bond donors (Lipinski definition) is 0. The normalized spacial score (nSPS) is 20.9. The number of carbonyl (C=O) groups excluding carboxylic acids is 1. The second kappa shape index (κ2) is 7.31. The number of carbonyl (C=O) groups is 1. The van der Waals surface area contributed by atoms with Crippen LogP contribution in [0.2, 0.25) is 0 Å². The number of sulfonamides is 1. The van der Waals surface area contributed by atoms with E-state index in [-0.39, 0.29) is 16.0 Å². The molecule has 0 spiro atoms. The highest BCUT2D eigenvalue weighted by Gasteiger charge is 2.39. The van der Waals surface area contributed by atoms with E-state index in [0.29, 0.717) is 11.4 Å². The summed E-state index contributed by atoms with van der Waals surface area (Å²) in [5, 5.41) is 0.973. The van der Waals surface area contributed by atoms with Gasteiger partial charge in [0, 0.05) is 18.5 Å². The summed E-state index contributed by atoms with van der Waals surface area (Å²) >= 11 is 2.62. The number of anilines is 1. The topological polar surface area (TPSA) is 70.1 Å². The summed E-state index contributed by atoms with van der Waals surface area (Å²) in [5.41, 5.74) is 1.02. The van der Waals surface area contributed by atoms with Crippen LogP contribution in [-0.4, -0.2) is 38.0 Å². The van der Waals surface area contributed by atoms with Crippen LogP contribution in [0.1, 0.15) is 6.92 Å². The summed E-state index contributed by atoms with van der Waals surface area (Å²) in [7, 11) is -1.99. The molecule has 0 aliphatic carbocycles. The third kappa shape index (κ3) is 3.23.